The van der Waals surface area contributed by atoms with Crippen molar-refractivity contribution in [2.45, 2.75) is 11.8 Å². The first-order valence-corrected chi connectivity index (χ1v) is 8.99. The van der Waals surface area contributed by atoms with E-state index in [1.807, 2.05) is 29.5 Å². The van der Waals surface area contributed by atoms with Gasteiger partial charge in [-0.05, 0) is 53.8 Å². The van der Waals surface area contributed by atoms with Gasteiger partial charge in [-0.15, -0.1) is 0 Å². The first kappa shape index (κ1) is 15.3. The van der Waals surface area contributed by atoms with E-state index in [-0.39, 0.29) is 10.8 Å². The van der Waals surface area contributed by atoms with Crippen LogP contribution in [0.1, 0.15) is 5.56 Å². The predicted octanol–water partition coefficient (Wildman–Crippen LogP) is 3.19. The highest BCUT2D eigenvalue weighted by Crippen LogP contribution is 2.31. The van der Waals surface area contributed by atoms with Gasteiger partial charge in [0.15, 0.2) is 0 Å². The Morgan fingerprint density at radius 1 is 1.18 bits per heavy atom. The normalized spacial score (nSPS) is 11.8. The van der Waals surface area contributed by atoms with Gasteiger partial charge < -0.3 is 4.74 Å². The summed E-state index contributed by atoms with van der Waals surface area (Å²) in [6.45, 7) is 1.91. The number of ether oxygens (including phenoxy) is 1. The summed E-state index contributed by atoms with van der Waals surface area (Å²) in [5.41, 5.74) is 1.46. The molecule has 0 aliphatic rings. The van der Waals surface area contributed by atoms with Crippen molar-refractivity contribution in [3.63, 3.8) is 0 Å². The van der Waals surface area contributed by atoms with Crippen LogP contribution in [0.3, 0.4) is 0 Å². The van der Waals surface area contributed by atoms with Crippen LogP contribution in [0.15, 0.2) is 47.5 Å². The van der Waals surface area contributed by atoms with E-state index in [0.29, 0.717) is 9.22 Å². The van der Waals surface area contributed by atoms with Crippen molar-refractivity contribution >= 4 is 43.5 Å². The molecule has 3 aromatic rings. The van der Waals surface area contributed by atoms with Crippen LogP contribution in [-0.2, 0) is 10.0 Å². The van der Waals surface area contributed by atoms with Crippen LogP contribution in [0.4, 0.5) is 0 Å². The van der Waals surface area contributed by atoms with E-state index in [0.717, 1.165) is 10.9 Å². The summed E-state index contributed by atoms with van der Waals surface area (Å²) in [4.78, 5) is 4.35. The fourth-order valence-electron chi connectivity index (χ4n) is 2.26. The van der Waals surface area contributed by atoms with Crippen molar-refractivity contribution in [3.8, 4) is 5.88 Å². The lowest BCUT2D eigenvalue weighted by atomic mass is 10.2. The molecule has 0 spiro atoms. The molecule has 0 amide bonds. The third-order valence-electron chi connectivity index (χ3n) is 3.35. The topological polar surface area (TPSA) is 61.2 Å². The molecule has 0 radical (unpaired) electrons. The second-order valence-electron chi connectivity index (χ2n) is 4.81. The number of benzene rings is 1. The summed E-state index contributed by atoms with van der Waals surface area (Å²) in [7, 11) is -2.24. The molecule has 0 saturated carbocycles. The molecule has 0 saturated heterocycles. The van der Waals surface area contributed by atoms with Gasteiger partial charge in [0.05, 0.1) is 15.7 Å². The predicted molar refractivity (Wildman–Crippen MR) is 92.8 cm³/mol. The summed E-state index contributed by atoms with van der Waals surface area (Å²) in [5, 5.41) is 0.770. The van der Waals surface area contributed by atoms with E-state index in [1.54, 1.807) is 42.6 Å². The van der Waals surface area contributed by atoms with Gasteiger partial charge in [0, 0.05) is 11.6 Å². The average molecular weight is 428 g/mol. The van der Waals surface area contributed by atoms with Gasteiger partial charge in [-0.25, -0.2) is 17.4 Å². The molecule has 1 aromatic carbocycles. The summed E-state index contributed by atoms with van der Waals surface area (Å²) in [6.07, 6.45) is 1.60. The maximum atomic E-state index is 13.0. The van der Waals surface area contributed by atoms with Crippen LogP contribution in [0.5, 0.6) is 5.88 Å². The summed E-state index contributed by atoms with van der Waals surface area (Å²) in [6, 6.07) is 10.3. The molecule has 0 N–H and O–H groups in total. The van der Waals surface area contributed by atoms with Crippen molar-refractivity contribution in [1.29, 1.82) is 0 Å². The molecule has 22 heavy (non-hydrogen) atoms. The minimum absolute atomic E-state index is 0.236. The van der Waals surface area contributed by atoms with Crippen molar-refractivity contribution in [3.05, 3.63) is 51.9 Å². The lowest BCUT2D eigenvalue weighted by Gasteiger charge is -2.11. The number of halogens is 1. The Morgan fingerprint density at radius 3 is 2.50 bits per heavy atom. The highest BCUT2D eigenvalue weighted by molar-refractivity contribution is 14.1. The van der Waals surface area contributed by atoms with E-state index < -0.39 is 10.0 Å². The maximum absolute atomic E-state index is 13.0. The van der Waals surface area contributed by atoms with E-state index in [9.17, 15) is 8.42 Å². The summed E-state index contributed by atoms with van der Waals surface area (Å²) >= 11 is 2.01. The van der Waals surface area contributed by atoms with Gasteiger partial charge >= 0.3 is 0 Å². The molecule has 2 aromatic heterocycles. The number of aromatic nitrogens is 2. The van der Waals surface area contributed by atoms with Gasteiger partial charge in [-0.1, -0.05) is 17.7 Å². The minimum atomic E-state index is -3.71. The summed E-state index contributed by atoms with van der Waals surface area (Å²) in [5.74, 6) is 0.288. The number of hydrogen-bond acceptors (Lipinski definition) is 4. The fourth-order valence-corrected chi connectivity index (χ4v) is 5.01. The van der Waals surface area contributed by atoms with Crippen LogP contribution < -0.4 is 4.74 Å². The molecule has 114 valence electrons. The molecule has 3 rings (SSSR count). The quantitative estimate of drug-likeness (QED) is 0.602. The SMILES string of the molecule is COc1nccc2cc(I)n(S(=O)(=O)c3ccc(C)cc3)c12. The van der Waals surface area contributed by atoms with Gasteiger partial charge in [0.2, 0.25) is 5.88 Å². The molecule has 5 nitrogen and oxygen atoms in total. The number of nitrogens with zero attached hydrogens (tertiary/aromatic N) is 2. The number of hydrogen-bond donors (Lipinski definition) is 0. The zero-order chi connectivity index (χ0) is 15.9. The molecule has 2 heterocycles. The molecule has 0 bridgehead atoms. The Balaban J connectivity index is 2.34. The molecular weight excluding hydrogens is 415 g/mol. The lowest BCUT2D eigenvalue weighted by Crippen LogP contribution is -2.15. The summed E-state index contributed by atoms with van der Waals surface area (Å²) < 4.78 is 33.1. The first-order chi connectivity index (χ1) is 10.4. The van der Waals surface area contributed by atoms with Crippen LogP contribution in [0.2, 0.25) is 0 Å². The average Bonchev–Trinajstić information content (AvgIpc) is 2.84. The van der Waals surface area contributed by atoms with Crippen LogP contribution in [-0.4, -0.2) is 24.5 Å². The molecule has 0 atom stereocenters. The Bertz CT molecular complexity index is 947. The molecular formula is C15H13IN2O3S. The monoisotopic (exact) mass is 428 g/mol. The van der Waals surface area contributed by atoms with Gasteiger partial charge in [-0.2, -0.15) is 0 Å². The number of fused-ring (bicyclic) bond motifs is 1. The van der Waals surface area contributed by atoms with Gasteiger partial charge in [0.25, 0.3) is 10.0 Å². The third-order valence-corrected chi connectivity index (χ3v) is 6.20. The standard InChI is InChI=1S/C15H13IN2O3S/c1-10-3-5-12(6-4-10)22(19,20)18-13(16)9-11-7-8-17-15(21-2)14(11)18/h3-9H,1-2H3. The van der Waals surface area contributed by atoms with Crippen LogP contribution in [0.25, 0.3) is 10.9 Å². The number of rotatable bonds is 3. The first-order valence-electron chi connectivity index (χ1n) is 6.47. The second-order valence-corrected chi connectivity index (χ2v) is 7.70. The largest absolute Gasteiger partial charge is 0.479 e. The number of pyridine rings is 1. The Morgan fingerprint density at radius 2 is 1.86 bits per heavy atom. The lowest BCUT2D eigenvalue weighted by molar-refractivity contribution is 0.402. The van der Waals surface area contributed by atoms with E-state index >= 15 is 0 Å². The molecule has 0 unspecified atom stereocenters. The molecule has 0 aliphatic heterocycles. The molecule has 0 fully saturated rings. The van der Waals surface area contributed by atoms with E-state index in [4.69, 9.17) is 4.74 Å². The van der Waals surface area contributed by atoms with Crippen molar-refractivity contribution < 1.29 is 13.2 Å². The fraction of sp³-hybridized carbons (Fsp3) is 0.133. The Hall–Kier alpha value is -1.61. The highest BCUT2D eigenvalue weighted by Gasteiger charge is 2.24. The Labute approximate surface area is 142 Å². The molecule has 7 heteroatoms. The zero-order valence-electron chi connectivity index (χ0n) is 11.9. The number of aryl methyl sites for hydroxylation is 1. The van der Waals surface area contributed by atoms with Crippen molar-refractivity contribution in [2.24, 2.45) is 0 Å². The van der Waals surface area contributed by atoms with E-state index in [1.165, 1.54) is 11.1 Å². The maximum Gasteiger partial charge on any atom is 0.269 e. The highest BCUT2D eigenvalue weighted by atomic mass is 127. The molecule has 0 aliphatic carbocycles. The Kier molecular flexibility index (Phi) is 3.85. The van der Waals surface area contributed by atoms with Gasteiger partial charge in [-0.3, -0.25) is 0 Å². The van der Waals surface area contributed by atoms with Crippen LogP contribution in [0, 0.1) is 10.6 Å². The number of methoxy groups -OCH3 is 1. The third kappa shape index (κ3) is 2.38. The van der Waals surface area contributed by atoms with Gasteiger partial charge in [0.1, 0.15) is 5.52 Å². The van der Waals surface area contributed by atoms with Crippen molar-refractivity contribution in [2.75, 3.05) is 7.11 Å². The van der Waals surface area contributed by atoms with E-state index in [2.05, 4.69) is 4.98 Å². The second kappa shape index (κ2) is 5.54. The van der Waals surface area contributed by atoms with Crippen molar-refractivity contribution in [1.82, 2.24) is 8.96 Å². The zero-order valence-corrected chi connectivity index (χ0v) is 14.9. The van der Waals surface area contributed by atoms with Crippen LogP contribution >= 0.6 is 22.6 Å². The smallest absolute Gasteiger partial charge is 0.269 e. The minimum Gasteiger partial charge on any atom is -0.479 e.